The zero-order valence-corrected chi connectivity index (χ0v) is 12.6. The molecule has 7 heteroatoms. The number of anilines is 1. The third-order valence-electron chi connectivity index (χ3n) is 3.00. The summed E-state index contributed by atoms with van der Waals surface area (Å²) < 4.78 is 36.2. The highest BCUT2D eigenvalue weighted by Gasteiger charge is 2.14. The maximum Gasteiger partial charge on any atom is 0.338 e. The van der Waals surface area contributed by atoms with E-state index in [4.69, 9.17) is 15.2 Å². The lowest BCUT2D eigenvalue weighted by molar-refractivity contribution is -0.137. The van der Waals surface area contributed by atoms with Gasteiger partial charge in [-0.2, -0.15) is 0 Å². The first-order valence-corrected chi connectivity index (χ1v) is 7.16. The van der Waals surface area contributed by atoms with E-state index in [0.29, 0.717) is 19.4 Å². The minimum atomic E-state index is -0.994. The van der Waals surface area contributed by atoms with Crippen molar-refractivity contribution in [2.24, 2.45) is 0 Å². The van der Waals surface area contributed by atoms with Crippen LogP contribution in [0, 0.1) is 11.6 Å². The number of hydrogen-bond acceptors (Lipinski definition) is 5. The fourth-order valence-corrected chi connectivity index (χ4v) is 1.74. The van der Waals surface area contributed by atoms with E-state index in [1.807, 2.05) is 0 Å². The Kier molecular flexibility index (Phi) is 7.73. The Labute approximate surface area is 133 Å². The maximum absolute atomic E-state index is 13.2. The van der Waals surface area contributed by atoms with Crippen LogP contribution >= 0.6 is 0 Å². The largest absolute Gasteiger partial charge is 0.463 e. The molecule has 0 aromatic heterocycles. The van der Waals surface area contributed by atoms with Gasteiger partial charge in [0, 0.05) is 6.08 Å². The quantitative estimate of drug-likeness (QED) is 0.326. The number of nitrogen functional groups attached to an aromatic ring is 1. The second kappa shape index (κ2) is 9.55. The Morgan fingerprint density at radius 2 is 1.57 bits per heavy atom. The van der Waals surface area contributed by atoms with Gasteiger partial charge >= 0.3 is 11.9 Å². The number of halogens is 2. The van der Waals surface area contributed by atoms with Crippen LogP contribution < -0.4 is 5.73 Å². The van der Waals surface area contributed by atoms with Crippen LogP contribution in [-0.4, -0.2) is 25.2 Å². The SMILES string of the molecule is C=CC(=O)OCCCCCCOC(=O)c1cc(F)c(N)c(F)c1. The molecule has 0 atom stereocenters. The van der Waals surface area contributed by atoms with Crippen molar-refractivity contribution in [1.29, 1.82) is 0 Å². The summed E-state index contributed by atoms with van der Waals surface area (Å²) in [5, 5.41) is 0. The zero-order chi connectivity index (χ0) is 17.2. The van der Waals surface area contributed by atoms with Crippen molar-refractivity contribution in [2.45, 2.75) is 25.7 Å². The molecule has 5 nitrogen and oxygen atoms in total. The fraction of sp³-hybridized carbons (Fsp3) is 0.375. The minimum Gasteiger partial charge on any atom is -0.463 e. The predicted octanol–water partition coefficient (Wildman–Crippen LogP) is 2.99. The highest BCUT2D eigenvalue weighted by Crippen LogP contribution is 2.18. The molecule has 0 heterocycles. The van der Waals surface area contributed by atoms with Gasteiger partial charge in [0.25, 0.3) is 0 Å². The van der Waals surface area contributed by atoms with Gasteiger partial charge in [-0.05, 0) is 37.8 Å². The Hall–Kier alpha value is -2.44. The molecule has 0 amide bonds. The van der Waals surface area contributed by atoms with Crippen molar-refractivity contribution in [3.05, 3.63) is 42.0 Å². The monoisotopic (exact) mass is 327 g/mol. The molecule has 0 unspecified atom stereocenters. The highest BCUT2D eigenvalue weighted by molar-refractivity contribution is 5.89. The van der Waals surface area contributed by atoms with Gasteiger partial charge in [0.2, 0.25) is 0 Å². The van der Waals surface area contributed by atoms with Crippen molar-refractivity contribution in [2.75, 3.05) is 18.9 Å². The number of rotatable bonds is 9. The molecule has 2 N–H and O–H groups in total. The average Bonchev–Trinajstić information content (AvgIpc) is 2.53. The lowest BCUT2D eigenvalue weighted by Crippen LogP contribution is -2.09. The molecule has 0 bridgehead atoms. The zero-order valence-electron chi connectivity index (χ0n) is 12.6. The molecule has 23 heavy (non-hydrogen) atoms. The van der Waals surface area contributed by atoms with Crippen LogP contribution in [-0.2, 0) is 14.3 Å². The molecule has 1 aromatic carbocycles. The van der Waals surface area contributed by atoms with Gasteiger partial charge in [0.15, 0.2) is 0 Å². The van der Waals surface area contributed by atoms with E-state index < -0.39 is 29.3 Å². The molecule has 1 aromatic rings. The Bertz CT molecular complexity index is 552. The van der Waals surface area contributed by atoms with Gasteiger partial charge in [0.1, 0.15) is 17.3 Å². The van der Waals surface area contributed by atoms with Crippen molar-refractivity contribution >= 4 is 17.6 Å². The van der Waals surface area contributed by atoms with Crippen LogP contribution in [0.2, 0.25) is 0 Å². The summed E-state index contributed by atoms with van der Waals surface area (Å²) in [7, 11) is 0. The van der Waals surface area contributed by atoms with Gasteiger partial charge < -0.3 is 15.2 Å². The smallest absolute Gasteiger partial charge is 0.338 e. The number of carbonyl (C=O) groups is 2. The lowest BCUT2D eigenvalue weighted by atomic mass is 10.2. The molecule has 0 aliphatic heterocycles. The van der Waals surface area contributed by atoms with E-state index in [-0.39, 0.29) is 12.2 Å². The molecule has 0 saturated carbocycles. The summed E-state index contributed by atoms with van der Waals surface area (Å²) in [5.74, 6) is -3.25. The Morgan fingerprint density at radius 3 is 2.09 bits per heavy atom. The van der Waals surface area contributed by atoms with E-state index in [1.54, 1.807) is 0 Å². The fourth-order valence-electron chi connectivity index (χ4n) is 1.74. The molecule has 0 fully saturated rings. The maximum atomic E-state index is 13.2. The minimum absolute atomic E-state index is 0.138. The predicted molar refractivity (Wildman–Crippen MR) is 80.7 cm³/mol. The first-order chi connectivity index (χ1) is 11.0. The van der Waals surface area contributed by atoms with E-state index in [2.05, 4.69) is 6.58 Å². The molecule has 0 aliphatic carbocycles. The van der Waals surface area contributed by atoms with Gasteiger partial charge in [-0.1, -0.05) is 6.58 Å². The summed E-state index contributed by atoms with van der Waals surface area (Å²) in [6.45, 7) is 3.73. The Balaban J connectivity index is 2.20. The second-order valence-corrected chi connectivity index (χ2v) is 4.78. The van der Waals surface area contributed by atoms with Gasteiger partial charge in [-0.3, -0.25) is 0 Å². The molecule has 0 radical (unpaired) electrons. The van der Waals surface area contributed by atoms with Crippen LogP contribution in [0.4, 0.5) is 14.5 Å². The third-order valence-corrected chi connectivity index (χ3v) is 3.00. The van der Waals surface area contributed by atoms with E-state index in [1.165, 1.54) is 0 Å². The molecule has 0 saturated heterocycles. The molecule has 126 valence electrons. The second-order valence-electron chi connectivity index (χ2n) is 4.78. The van der Waals surface area contributed by atoms with Crippen LogP contribution in [0.25, 0.3) is 0 Å². The molecular weight excluding hydrogens is 308 g/mol. The first kappa shape index (κ1) is 18.6. The average molecular weight is 327 g/mol. The standard InChI is InChI=1S/C16H19F2NO4/c1-2-14(20)22-7-5-3-4-6-8-23-16(21)11-9-12(17)15(19)13(18)10-11/h2,9-10H,1,3-8,19H2. The number of carbonyl (C=O) groups excluding carboxylic acids is 2. The molecule has 1 rings (SSSR count). The number of ether oxygens (including phenoxy) is 2. The number of benzene rings is 1. The Morgan fingerprint density at radius 1 is 1.04 bits per heavy atom. The number of esters is 2. The topological polar surface area (TPSA) is 78.6 Å². The summed E-state index contributed by atoms with van der Waals surface area (Å²) in [6.07, 6.45) is 3.96. The van der Waals surface area contributed by atoms with Crippen LogP contribution in [0.15, 0.2) is 24.8 Å². The summed E-state index contributed by atoms with van der Waals surface area (Å²) in [6, 6.07) is 1.68. The van der Waals surface area contributed by atoms with Gasteiger partial charge in [-0.15, -0.1) is 0 Å². The van der Waals surface area contributed by atoms with Crippen LogP contribution in [0.1, 0.15) is 36.0 Å². The molecule has 0 spiro atoms. The van der Waals surface area contributed by atoms with Gasteiger partial charge in [0.05, 0.1) is 18.8 Å². The summed E-state index contributed by atoms with van der Waals surface area (Å²) >= 11 is 0. The summed E-state index contributed by atoms with van der Waals surface area (Å²) in [5.41, 5.74) is 4.28. The van der Waals surface area contributed by atoms with Crippen LogP contribution in [0.3, 0.4) is 0 Å². The lowest BCUT2D eigenvalue weighted by Gasteiger charge is -2.06. The van der Waals surface area contributed by atoms with Gasteiger partial charge in [-0.25, -0.2) is 18.4 Å². The number of hydrogen-bond donors (Lipinski definition) is 1. The van der Waals surface area contributed by atoms with E-state index >= 15 is 0 Å². The number of unbranched alkanes of at least 4 members (excludes halogenated alkanes) is 3. The van der Waals surface area contributed by atoms with Crippen LogP contribution in [0.5, 0.6) is 0 Å². The first-order valence-electron chi connectivity index (χ1n) is 7.16. The van der Waals surface area contributed by atoms with E-state index in [0.717, 1.165) is 31.1 Å². The van der Waals surface area contributed by atoms with E-state index in [9.17, 15) is 18.4 Å². The normalized spacial score (nSPS) is 10.2. The van der Waals surface area contributed by atoms with Crippen molar-refractivity contribution in [3.8, 4) is 0 Å². The van der Waals surface area contributed by atoms with Crippen molar-refractivity contribution < 1.29 is 27.8 Å². The third kappa shape index (κ3) is 6.46. The summed E-state index contributed by atoms with van der Waals surface area (Å²) in [4.78, 5) is 22.4. The van der Waals surface area contributed by atoms with Crippen molar-refractivity contribution in [1.82, 2.24) is 0 Å². The number of nitrogens with two attached hydrogens (primary N) is 1. The molecule has 0 aliphatic rings. The van der Waals surface area contributed by atoms with Crippen molar-refractivity contribution in [3.63, 3.8) is 0 Å². The highest BCUT2D eigenvalue weighted by atomic mass is 19.1. The molecular formula is C16H19F2NO4.